The maximum Gasteiger partial charge on any atom is 0.337 e. The van der Waals surface area contributed by atoms with Gasteiger partial charge in [-0.2, -0.15) is 0 Å². The minimum atomic E-state index is -0.574. The normalized spacial score (nSPS) is 31.9. The highest BCUT2D eigenvalue weighted by molar-refractivity contribution is 6.07. The van der Waals surface area contributed by atoms with Crippen LogP contribution in [0.3, 0.4) is 0 Å². The number of nitrogens with zero attached hydrogens (tertiary/aromatic N) is 1. The van der Waals surface area contributed by atoms with Crippen molar-refractivity contribution in [1.29, 1.82) is 0 Å². The molecule has 0 saturated carbocycles. The zero-order valence-corrected chi connectivity index (χ0v) is 16.3. The van der Waals surface area contributed by atoms with Crippen molar-refractivity contribution in [3.8, 4) is 0 Å². The van der Waals surface area contributed by atoms with E-state index in [2.05, 4.69) is 22.9 Å². The Morgan fingerprint density at radius 1 is 1.36 bits per heavy atom. The Kier molecular flexibility index (Phi) is 4.75. The maximum absolute atomic E-state index is 13.2. The zero-order valence-electron chi connectivity index (χ0n) is 16.3. The van der Waals surface area contributed by atoms with Crippen molar-refractivity contribution in [3.05, 3.63) is 54.3 Å². The monoisotopic (exact) mass is 382 g/mol. The molecular formula is C22H26N2O4. The molecule has 148 valence electrons. The number of nitrogens with one attached hydrogen (secondary N) is 1. The summed E-state index contributed by atoms with van der Waals surface area (Å²) in [5.74, 6) is -0.351. The van der Waals surface area contributed by atoms with Gasteiger partial charge in [0.1, 0.15) is 0 Å². The fourth-order valence-corrected chi connectivity index (χ4v) is 5.38. The molecule has 0 aromatic heterocycles. The van der Waals surface area contributed by atoms with Gasteiger partial charge in [0, 0.05) is 24.2 Å². The van der Waals surface area contributed by atoms with Crippen LogP contribution in [0.1, 0.15) is 18.4 Å². The number of hydrogen-bond acceptors (Lipinski definition) is 5. The number of para-hydroxylation sites is 1. The summed E-state index contributed by atoms with van der Waals surface area (Å²) in [6.07, 6.45) is 4.83. The molecule has 4 rings (SSSR count). The van der Waals surface area contributed by atoms with Crippen molar-refractivity contribution in [2.75, 3.05) is 32.6 Å². The van der Waals surface area contributed by atoms with E-state index in [-0.39, 0.29) is 23.8 Å². The molecule has 3 aliphatic heterocycles. The molecule has 1 spiro atoms. The number of hydrogen-bond donors (Lipinski definition) is 1. The second-order valence-corrected chi connectivity index (χ2v) is 7.77. The number of fused-ring (bicyclic) bond motifs is 4. The Morgan fingerprint density at radius 2 is 2.14 bits per heavy atom. The smallest absolute Gasteiger partial charge is 0.337 e. The number of anilines is 1. The predicted molar refractivity (Wildman–Crippen MR) is 106 cm³/mol. The minimum absolute atomic E-state index is 0.0160. The Bertz CT molecular complexity index is 849. The van der Waals surface area contributed by atoms with Crippen LogP contribution in [-0.2, 0) is 24.5 Å². The molecule has 28 heavy (non-hydrogen) atoms. The molecule has 0 radical (unpaired) electrons. The van der Waals surface area contributed by atoms with Gasteiger partial charge in [-0.25, -0.2) is 4.79 Å². The van der Waals surface area contributed by atoms with Gasteiger partial charge in [-0.3, -0.25) is 9.69 Å². The summed E-state index contributed by atoms with van der Waals surface area (Å²) in [5.41, 5.74) is 1.90. The first-order chi connectivity index (χ1) is 13.6. The van der Waals surface area contributed by atoms with Gasteiger partial charge in [0.15, 0.2) is 0 Å². The van der Waals surface area contributed by atoms with Crippen molar-refractivity contribution in [2.24, 2.45) is 11.8 Å². The highest BCUT2D eigenvalue weighted by atomic mass is 16.5. The molecule has 3 aliphatic rings. The van der Waals surface area contributed by atoms with Crippen molar-refractivity contribution in [3.63, 3.8) is 0 Å². The van der Waals surface area contributed by atoms with Crippen LogP contribution in [0.25, 0.3) is 0 Å². The van der Waals surface area contributed by atoms with Gasteiger partial charge in [-0.05, 0) is 36.9 Å². The van der Waals surface area contributed by atoms with Gasteiger partial charge >= 0.3 is 5.97 Å². The summed E-state index contributed by atoms with van der Waals surface area (Å²) in [6.45, 7) is 5.60. The summed E-state index contributed by atoms with van der Waals surface area (Å²) in [5, 5.41) is 3.07. The van der Waals surface area contributed by atoms with Gasteiger partial charge in [0.05, 0.1) is 31.5 Å². The lowest BCUT2D eigenvalue weighted by Gasteiger charge is -2.44. The lowest BCUT2D eigenvalue weighted by molar-refractivity contribution is -0.137. The first-order valence-corrected chi connectivity index (χ1v) is 9.65. The van der Waals surface area contributed by atoms with Crippen LogP contribution in [0.15, 0.2) is 48.8 Å². The van der Waals surface area contributed by atoms with Crippen molar-refractivity contribution >= 4 is 17.6 Å². The Balaban J connectivity index is 1.75. The number of carbonyl (C=O) groups excluding carboxylic acids is 2. The van der Waals surface area contributed by atoms with E-state index in [1.165, 1.54) is 20.5 Å². The van der Waals surface area contributed by atoms with Crippen LogP contribution in [0.4, 0.5) is 5.69 Å². The molecule has 2 fully saturated rings. The molecule has 6 heteroatoms. The molecule has 4 atom stereocenters. The van der Waals surface area contributed by atoms with E-state index in [0.29, 0.717) is 12.0 Å². The molecule has 1 amide bonds. The van der Waals surface area contributed by atoms with Gasteiger partial charge in [-0.1, -0.05) is 24.3 Å². The maximum atomic E-state index is 13.2. The third kappa shape index (κ3) is 2.58. The third-order valence-electron chi connectivity index (χ3n) is 6.67. The van der Waals surface area contributed by atoms with Crippen LogP contribution < -0.4 is 5.32 Å². The largest absolute Gasteiger partial charge is 0.504 e. The highest BCUT2D eigenvalue weighted by Gasteiger charge is 2.60. The highest BCUT2D eigenvalue weighted by Crippen LogP contribution is 2.52. The fraction of sp³-hybridized carbons (Fsp3) is 0.455. The van der Waals surface area contributed by atoms with Crippen LogP contribution in [0.2, 0.25) is 0 Å². The van der Waals surface area contributed by atoms with E-state index >= 15 is 0 Å². The summed E-state index contributed by atoms with van der Waals surface area (Å²) in [7, 11) is 2.90. The first-order valence-electron chi connectivity index (χ1n) is 9.65. The van der Waals surface area contributed by atoms with Crippen LogP contribution >= 0.6 is 0 Å². The number of rotatable bonds is 4. The van der Waals surface area contributed by atoms with Gasteiger partial charge < -0.3 is 14.8 Å². The topological polar surface area (TPSA) is 67.9 Å². The second-order valence-electron chi connectivity index (χ2n) is 7.77. The van der Waals surface area contributed by atoms with Crippen LogP contribution in [0, 0.1) is 11.8 Å². The average molecular weight is 382 g/mol. The van der Waals surface area contributed by atoms with E-state index in [1.807, 2.05) is 24.3 Å². The van der Waals surface area contributed by atoms with Gasteiger partial charge in [0.2, 0.25) is 5.91 Å². The molecule has 6 nitrogen and oxygen atoms in total. The van der Waals surface area contributed by atoms with Crippen LogP contribution in [-0.4, -0.2) is 50.1 Å². The zero-order chi connectivity index (χ0) is 19.9. The van der Waals surface area contributed by atoms with Crippen molar-refractivity contribution < 1.29 is 19.1 Å². The Hall–Kier alpha value is -2.60. The van der Waals surface area contributed by atoms with E-state index < -0.39 is 11.4 Å². The summed E-state index contributed by atoms with van der Waals surface area (Å²) < 4.78 is 10.2. The molecular weight excluding hydrogens is 356 g/mol. The van der Waals surface area contributed by atoms with Gasteiger partial charge in [0.25, 0.3) is 0 Å². The molecule has 1 aromatic carbocycles. The number of amides is 1. The fourth-order valence-electron chi connectivity index (χ4n) is 5.38. The summed E-state index contributed by atoms with van der Waals surface area (Å²) in [6, 6.07) is 7.96. The van der Waals surface area contributed by atoms with E-state index in [9.17, 15) is 9.59 Å². The molecule has 2 saturated heterocycles. The van der Waals surface area contributed by atoms with Crippen molar-refractivity contribution in [1.82, 2.24) is 4.90 Å². The standard InChI is InChI=1S/C22H26N2O4/c1-4-14-12-24-10-9-22(17-7-5-6-8-18(17)23-21(22)26)19(24)11-15(14)16(13-27-2)20(25)28-3/h4-8,13-15,19H,1,9-12H2,2-3H3,(H,23,26)/t14?,15?,19?,22-/m1/s1. The Labute approximate surface area is 165 Å². The molecule has 0 bridgehead atoms. The lowest BCUT2D eigenvalue weighted by Crippen LogP contribution is -2.53. The molecule has 1 N–H and O–H groups in total. The van der Waals surface area contributed by atoms with Gasteiger partial charge in [-0.15, -0.1) is 6.58 Å². The van der Waals surface area contributed by atoms with E-state index in [0.717, 1.165) is 30.8 Å². The SMILES string of the molecule is C=CC1CN2CC[C@]3(C(=O)Nc4ccccc43)C2CC1C(=COC)C(=O)OC. The minimum Gasteiger partial charge on any atom is -0.504 e. The number of esters is 1. The lowest BCUT2D eigenvalue weighted by atomic mass is 9.68. The third-order valence-corrected chi connectivity index (χ3v) is 6.67. The van der Waals surface area contributed by atoms with E-state index in [1.54, 1.807) is 0 Å². The second kappa shape index (κ2) is 7.09. The number of benzene rings is 1. The first kappa shape index (κ1) is 18.7. The van der Waals surface area contributed by atoms with E-state index in [4.69, 9.17) is 9.47 Å². The average Bonchev–Trinajstić information content (AvgIpc) is 3.23. The summed E-state index contributed by atoms with van der Waals surface area (Å²) in [4.78, 5) is 28.0. The van der Waals surface area contributed by atoms with Crippen LogP contribution in [0.5, 0.6) is 0 Å². The molecule has 3 heterocycles. The number of carbonyl (C=O) groups is 2. The molecule has 3 unspecified atom stereocenters. The molecule has 1 aromatic rings. The summed E-state index contributed by atoms with van der Waals surface area (Å²) >= 11 is 0. The Morgan fingerprint density at radius 3 is 2.86 bits per heavy atom. The number of ether oxygens (including phenoxy) is 2. The van der Waals surface area contributed by atoms with Crippen molar-refractivity contribution in [2.45, 2.75) is 24.3 Å². The number of piperidine rings is 1. The molecule has 0 aliphatic carbocycles. The quantitative estimate of drug-likeness (QED) is 0.375. The number of methoxy groups -OCH3 is 2. The predicted octanol–water partition coefficient (Wildman–Crippen LogP) is 2.48.